The van der Waals surface area contributed by atoms with E-state index >= 15 is 0 Å². The molecule has 0 fully saturated rings. The molecule has 0 amide bonds. The third-order valence-electron chi connectivity index (χ3n) is 2.81. The van der Waals surface area contributed by atoms with Gasteiger partial charge in [-0.25, -0.2) is 0 Å². The molecule has 2 N–H and O–H groups in total. The van der Waals surface area contributed by atoms with Crippen LogP contribution < -0.4 is 5.73 Å². The minimum atomic E-state index is 0.251. The zero-order valence-electron chi connectivity index (χ0n) is 10.8. The van der Waals surface area contributed by atoms with Gasteiger partial charge in [-0.2, -0.15) is 0 Å². The van der Waals surface area contributed by atoms with Crippen molar-refractivity contribution in [2.45, 2.75) is 65.4 Å². The van der Waals surface area contributed by atoms with Crippen molar-refractivity contribution >= 4 is 0 Å². The number of hydrogen-bond donors (Lipinski definition) is 1. The summed E-state index contributed by atoms with van der Waals surface area (Å²) in [6.07, 6.45) is 8.16. The fourth-order valence-electron chi connectivity index (χ4n) is 1.65. The Morgan fingerprint density at radius 2 is 1.60 bits per heavy atom. The smallest absolute Gasteiger partial charge is 0.0720 e. The highest BCUT2D eigenvalue weighted by molar-refractivity contribution is 4.62. The van der Waals surface area contributed by atoms with E-state index in [0.717, 1.165) is 6.61 Å². The lowest BCUT2D eigenvalue weighted by Gasteiger charge is -2.19. The Morgan fingerprint density at radius 1 is 1.00 bits per heavy atom. The predicted molar refractivity (Wildman–Crippen MR) is 67.0 cm³/mol. The van der Waals surface area contributed by atoms with E-state index in [1.165, 1.54) is 38.5 Å². The Hall–Kier alpha value is -0.0800. The second kappa shape index (κ2) is 10.4. The molecule has 0 saturated carbocycles. The third-order valence-corrected chi connectivity index (χ3v) is 2.81. The number of rotatable bonds is 10. The molecule has 15 heavy (non-hydrogen) atoms. The SMILES string of the molecule is CCCCCCCCOC(CN)C(C)C. The second-order valence-corrected chi connectivity index (χ2v) is 4.66. The van der Waals surface area contributed by atoms with Crippen molar-refractivity contribution in [1.29, 1.82) is 0 Å². The van der Waals surface area contributed by atoms with Gasteiger partial charge in [0.2, 0.25) is 0 Å². The molecule has 0 aliphatic rings. The number of unbranched alkanes of at least 4 members (excludes halogenated alkanes) is 5. The molecule has 0 bridgehead atoms. The lowest BCUT2D eigenvalue weighted by atomic mass is 10.1. The molecule has 1 unspecified atom stereocenters. The molecule has 0 saturated heterocycles. The highest BCUT2D eigenvalue weighted by atomic mass is 16.5. The molecule has 0 spiro atoms. The minimum Gasteiger partial charge on any atom is -0.377 e. The molecule has 0 rings (SSSR count). The van der Waals surface area contributed by atoms with Crippen LogP contribution in [-0.2, 0) is 4.74 Å². The molecule has 0 radical (unpaired) electrons. The first-order valence-corrected chi connectivity index (χ1v) is 6.54. The van der Waals surface area contributed by atoms with Crippen LogP contribution in [0.25, 0.3) is 0 Å². The topological polar surface area (TPSA) is 35.2 Å². The maximum absolute atomic E-state index is 5.73. The summed E-state index contributed by atoms with van der Waals surface area (Å²) in [5.41, 5.74) is 5.63. The van der Waals surface area contributed by atoms with Crippen molar-refractivity contribution in [3.05, 3.63) is 0 Å². The van der Waals surface area contributed by atoms with Gasteiger partial charge < -0.3 is 10.5 Å². The molecule has 0 aliphatic heterocycles. The molecule has 0 aliphatic carbocycles. The van der Waals surface area contributed by atoms with Crippen LogP contribution in [0.1, 0.15) is 59.3 Å². The summed E-state index contributed by atoms with van der Waals surface area (Å²) in [5.74, 6) is 0.537. The van der Waals surface area contributed by atoms with Gasteiger partial charge in [0.15, 0.2) is 0 Å². The summed E-state index contributed by atoms with van der Waals surface area (Å²) in [5, 5.41) is 0. The van der Waals surface area contributed by atoms with E-state index in [1.807, 2.05) is 0 Å². The molecule has 2 nitrogen and oxygen atoms in total. The number of hydrogen-bond acceptors (Lipinski definition) is 2. The Kier molecular flexibility index (Phi) is 10.4. The standard InChI is InChI=1S/C13H29NO/c1-4-5-6-7-8-9-10-15-13(11-14)12(2)3/h12-13H,4-11,14H2,1-3H3. The molecular weight excluding hydrogens is 186 g/mol. The van der Waals surface area contributed by atoms with Gasteiger partial charge in [0.05, 0.1) is 6.10 Å². The Morgan fingerprint density at radius 3 is 2.13 bits per heavy atom. The number of ether oxygens (including phenoxy) is 1. The predicted octanol–water partition coefficient (Wildman–Crippen LogP) is 3.35. The lowest BCUT2D eigenvalue weighted by Crippen LogP contribution is -2.29. The number of nitrogens with two attached hydrogens (primary N) is 1. The zero-order chi connectivity index (χ0) is 11.5. The van der Waals surface area contributed by atoms with Gasteiger partial charge in [-0.05, 0) is 12.3 Å². The largest absolute Gasteiger partial charge is 0.377 e. The van der Waals surface area contributed by atoms with Crippen molar-refractivity contribution in [2.24, 2.45) is 11.7 Å². The first kappa shape index (κ1) is 14.9. The summed E-state index contributed by atoms with van der Waals surface area (Å²) in [7, 11) is 0. The van der Waals surface area contributed by atoms with E-state index in [4.69, 9.17) is 10.5 Å². The van der Waals surface area contributed by atoms with Crippen molar-refractivity contribution in [1.82, 2.24) is 0 Å². The lowest BCUT2D eigenvalue weighted by molar-refractivity contribution is 0.0264. The monoisotopic (exact) mass is 215 g/mol. The molecular formula is C13H29NO. The van der Waals surface area contributed by atoms with E-state index in [2.05, 4.69) is 20.8 Å². The zero-order valence-corrected chi connectivity index (χ0v) is 10.8. The Bertz CT molecular complexity index is 126. The van der Waals surface area contributed by atoms with Crippen molar-refractivity contribution < 1.29 is 4.74 Å². The fraction of sp³-hybridized carbons (Fsp3) is 1.00. The van der Waals surface area contributed by atoms with Gasteiger partial charge in [-0.1, -0.05) is 52.9 Å². The Balaban J connectivity index is 3.22. The average Bonchev–Trinajstić information content (AvgIpc) is 2.21. The van der Waals surface area contributed by atoms with Crippen LogP contribution in [0.15, 0.2) is 0 Å². The van der Waals surface area contributed by atoms with Crippen LogP contribution >= 0.6 is 0 Å². The maximum Gasteiger partial charge on any atom is 0.0720 e. The molecule has 0 aromatic carbocycles. The third kappa shape index (κ3) is 8.88. The molecule has 0 heterocycles. The highest BCUT2D eigenvalue weighted by Crippen LogP contribution is 2.08. The van der Waals surface area contributed by atoms with E-state index in [-0.39, 0.29) is 6.10 Å². The Labute approximate surface area is 95.6 Å². The molecule has 1 atom stereocenters. The normalized spacial score (nSPS) is 13.4. The van der Waals surface area contributed by atoms with Crippen molar-refractivity contribution in [3.63, 3.8) is 0 Å². The summed E-state index contributed by atoms with van der Waals surface area (Å²) in [4.78, 5) is 0. The summed E-state index contributed by atoms with van der Waals surface area (Å²) in [6.45, 7) is 8.11. The van der Waals surface area contributed by atoms with E-state index in [0.29, 0.717) is 12.5 Å². The molecule has 92 valence electrons. The van der Waals surface area contributed by atoms with Gasteiger partial charge in [0.25, 0.3) is 0 Å². The molecule has 2 heteroatoms. The first-order chi connectivity index (χ1) is 7.22. The van der Waals surface area contributed by atoms with E-state index in [9.17, 15) is 0 Å². The van der Waals surface area contributed by atoms with Crippen LogP contribution in [0.3, 0.4) is 0 Å². The maximum atomic E-state index is 5.73. The van der Waals surface area contributed by atoms with Gasteiger partial charge in [-0.3, -0.25) is 0 Å². The van der Waals surface area contributed by atoms with Crippen LogP contribution in [-0.4, -0.2) is 19.3 Å². The quantitative estimate of drug-likeness (QED) is 0.567. The van der Waals surface area contributed by atoms with Crippen LogP contribution in [0.5, 0.6) is 0 Å². The second-order valence-electron chi connectivity index (χ2n) is 4.66. The van der Waals surface area contributed by atoms with Crippen molar-refractivity contribution in [2.75, 3.05) is 13.2 Å². The molecule has 0 aromatic heterocycles. The van der Waals surface area contributed by atoms with Crippen LogP contribution in [0.2, 0.25) is 0 Å². The van der Waals surface area contributed by atoms with Crippen LogP contribution in [0.4, 0.5) is 0 Å². The van der Waals surface area contributed by atoms with Crippen LogP contribution in [0, 0.1) is 5.92 Å². The fourth-order valence-corrected chi connectivity index (χ4v) is 1.65. The first-order valence-electron chi connectivity index (χ1n) is 6.54. The van der Waals surface area contributed by atoms with Gasteiger partial charge >= 0.3 is 0 Å². The van der Waals surface area contributed by atoms with Gasteiger partial charge in [0.1, 0.15) is 0 Å². The summed E-state index contributed by atoms with van der Waals surface area (Å²) >= 11 is 0. The highest BCUT2D eigenvalue weighted by Gasteiger charge is 2.10. The average molecular weight is 215 g/mol. The minimum absolute atomic E-state index is 0.251. The van der Waals surface area contributed by atoms with Gasteiger partial charge in [-0.15, -0.1) is 0 Å². The van der Waals surface area contributed by atoms with E-state index in [1.54, 1.807) is 0 Å². The summed E-state index contributed by atoms with van der Waals surface area (Å²) in [6, 6.07) is 0. The van der Waals surface area contributed by atoms with Crippen molar-refractivity contribution in [3.8, 4) is 0 Å². The van der Waals surface area contributed by atoms with Gasteiger partial charge in [0, 0.05) is 13.2 Å². The molecule has 0 aromatic rings. The summed E-state index contributed by atoms with van der Waals surface area (Å²) < 4.78 is 5.73. The van der Waals surface area contributed by atoms with E-state index < -0.39 is 0 Å².